The average molecular weight is 733 g/mol. The highest BCUT2D eigenvalue weighted by Crippen LogP contribution is 2.39. The predicted molar refractivity (Wildman–Crippen MR) is 199 cm³/mol. The molecule has 2 saturated heterocycles. The summed E-state index contributed by atoms with van der Waals surface area (Å²) in [5.41, 5.74) is 2.43. The first-order valence-electron chi connectivity index (χ1n) is 18.1. The van der Waals surface area contributed by atoms with Crippen molar-refractivity contribution in [3.8, 4) is 40.2 Å². The standard InChI is InChI=1S/C41H52N2O10/c1-47-32-18-14-26(20-34(32)49-3)10-8-12-28(13-9-11-27-15-19-33(48-2)35(21-27)50-4)24-42-25-30-16-17-31(40(42)45)43(30)41(46)38(44)29-22-36(51-5)39(53-7)37(23-29)52-6/h14-15,18-23,28,30-31H,8-13,16-17,24-25H2,1-7H3. The van der Waals surface area contributed by atoms with E-state index in [0.29, 0.717) is 54.7 Å². The molecule has 2 atom stereocenters. The fourth-order valence-corrected chi connectivity index (χ4v) is 7.69. The molecule has 5 rings (SSSR count). The monoisotopic (exact) mass is 732 g/mol. The number of carbonyl (C=O) groups is 3. The number of aryl methyl sites for hydroxylation is 2. The Morgan fingerprint density at radius 1 is 0.660 bits per heavy atom. The fourth-order valence-electron chi connectivity index (χ4n) is 7.69. The number of rotatable bonds is 19. The first-order chi connectivity index (χ1) is 25.7. The van der Waals surface area contributed by atoms with Gasteiger partial charge in [-0.05, 0) is 105 Å². The van der Waals surface area contributed by atoms with Gasteiger partial charge in [0, 0.05) is 18.7 Å². The Morgan fingerprint density at radius 2 is 1.17 bits per heavy atom. The van der Waals surface area contributed by atoms with Gasteiger partial charge in [0.1, 0.15) is 6.04 Å². The first-order valence-corrected chi connectivity index (χ1v) is 18.1. The molecule has 0 N–H and O–H groups in total. The van der Waals surface area contributed by atoms with Crippen LogP contribution in [0.4, 0.5) is 0 Å². The van der Waals surface area contributed by atoms with Crippen LogP contribution in [0, 0.1) is 5.92 Å². The maximum Gasteiger partial charge on any atom is 0.295 e. The zero-order valence-corrected chi connectivity index (χ0v) is 31.9. The molecular weight excluding hydrogens is 680 g/mol. The third-order valence-electron chi connectivity index (χ3n) is 10.4. The summed E-state index contributed by atoms with van der Waals surface area (Å²) in [5, 5.41) is 0. The van der Waals surface area contributed by atoms with E-state index >= 15 is 0 Å². The van der Waals surface area contributed by atoms with Crippen LogP contribution in [0.15, 0.2) is 48.5 Å². The van der Waals surface area contributed by atoms with Crippen LogP contribution in [0.25, 0.3) is 0 Å². The molecule has 2 aliphatic heterocycles. The lowest BCUT2D eigenvalue weighted by Gasteiger charge is -2.41. The lowest BCUT2D eigenvalue weighted by molar-refractivity contribution is -0.149. The Morgan fingerprint density at radius 3 is 1.64 bits per heavy atom. The molecule has 12 nitrogen and oxygen atoms in total. The molecule has 2 heterocycles. The highest BCUT2D eigenvalue weighted by molar-refractivity contribution is 6.43. The topological polar surface area (TPSA) is 122 Å². The van der Waals surface area contributed by atoms with Crippen molar-refractivity contribution in [1.82, 2.24) is 9.80 Å². The second-order valence-electron chi connectivity index (χ2n) is 13.5. The second-order valence-corrected chi connectivity index (χ2v) is 13.5. The summed E-state index contributed by atoms with van der Waals surface area (Å²) >= 11 is 0. The molecule has 0 radical (unpaired) electrons. The molecule has 0 aliphatic carbocycles. The van der Waals surface area contributed by atoms with Crippen molar-refractivity contribution < 1.29 is 47.5 Å². The van der Waals surface area contributed by atoms with Crippen LogP contribution in [-0.4, -0.2) is 102 Å². The number of hydrogen-bond acceptors (Lipinski definition) is 10. The Balaban J connectivity index is 1.28. The van der Waals surface area contributed by atoms with Crippen LogP contribution < -0.4 is 33.2 Å². The number of hydrogen-bond donors (Lipinski definition) is 0. The van der Waals surface area contributed by atoms with Crippen molar-refractivity contribution in [2.75, 3.05) is 62.9 Å². The number of ether oxygens (including phenoxy) is 7. The molecule has 0 saturated carbocycles. The summed E-state index contributed by atoms with van der Waals surface area (Å²) in [6.45, 7) is 0.984. The van der Waals surface area contributed by atoms with Crippen LogP contribution in [0.5, 0.6) is 40.2 Å². The number of piperazine rings is 1. The Bertz CT molecular complexity index is 1670. The summed E-state index contributed by atoms with van der Waals surface area (Å²) in [6.07, 6.45) is 6.60. The Labute approximate surface area is 312 Å². The van der Waals surface area contributed by atoms with Gasteiger partial charge in [-0.15, -0.1) is 0 Å². The molecule has 2 unspecified atom stereocenters. The lowest BCUT2D eigenvalue weighted by Crippen LogP contribution is -2.60. The molecule has 3 aromatic rings. The van der Waals surface area contributed by atoms with E-state index in [1.807, 2.05) is 29.2 Å². The van der Waals surface area contributed by atoms with E-state index in [-0.39, 0.29) is 34.9 Å². The normalized spacial score (nSPS) is 16.4. The number of fused-ring (bicyclic) bond motifs is 2. The van der Waals surface area contributed by atoms with Crippen molar-refractivity contribution >= 4 is 17.6 Å². The molecule has 286 valence electrons. The van der Waals surface area contributed by atoms with Gasteiger partial charge in [0.05, 0.1) is 55.8 Å². The number of likely N-dealkylation sites (tertiary alicyclic amines) is 1. The van der Waals surface area contributed by atoms with E-state index in [1.165, 1.54) is 38.4 Å². The van der Waals surface area contributed by atoms with Gasteiger partial charge in [-0.1, -0.05) is 12.1 Å². The third kappa shape index (κ3) is 8.75. The van der Waals surface area contributed by atoms with E-state index < -0.39 is 17.7 Å². The van der Waals surface area contributed by atoms with E-state index in [4.69, 9.17) is 33.2 Å². The van der Waals surface area contributed by atoms with Gasteiger partial charge >= 0.3 is 0 Å². The Hall–Kier alpha value is -5.13. The van der Waals surface area contributed by atoms with Crippen LogP contribution in [0.3, 0.4) is 0 Å². The van der Waals surface area contributed by atoms with Crippen molar-refractivity contribution in [3.63, 3.8) is 0 Å². The van der Waals surface area contributed by atoms with Crippen LogP contribution in [-0.2, 0) is 22.4 Å². The zero-order chi connectivity index (χ0) is 38.1. The maximum absolute atomic E-state index is 14.0. The van der Waals surface area contributed by atoms with Crippen LogP contribution >= 0.6 is 0 Å². The maximum atomic E-state index is 14.0. The number of methoxy groups -OCH3 is 7. The van der Waals surface area contributed by atoms with Crippen molar-refractivity contribution in [2.24, 2.45) is 5.92 Å². The van der Waals surface area contributed by atoms with Gasteiger partial charge < -0.3 is 43.0 Å². The van der Waals surface area contributed by atoms with Crippen LogP contribution in [0.2, 0.25) is 0 Å². The molecule has 0 aromatic heterocycles. The highest BCUT2D eigenvalue weighted by atomic mass is 16.5. The van der Waals surface area contributed by atoms with Crippen LogP contribution in [0.1, 0.15) is 60.0 Å². The summed E-state index contributed by atoms with van der Waals surface area (Å²) in [5.74, 6) is 2.39. The lowest BCUT2D eigenvalue weighted by atomic mass is 9.92. The quantitative estimate of drug-likeness (QED) is 0.111. The number of ketones is 1. The number of benzene rings is 3. The SMILES string of the molecule is COc1ccc(CCCC(CCCc2ccc(OC)c(OC)c2)CN2CC3CCC(C2=O)N3C(=O)C(=O)c2cc(OC)c(OC)c(OC)c2)cc1OC. The molecule has 0 spiro atoms. The smallest absolute Gasteiger partial charge is 0.295 e. The first kappa shape index (κ1) is 39.1. The minimum Gasteiger partial charge on any atom is -0.493 e. The van der Waals surface area contributed by atoms with Gasteiger partial charge in [-0.3, -0.25) is 14.4 Å². The van der Waals surface area contributed by atoms with Gasteiger partial charge in [0.25, 0.3) is 11.7 Å². The van der Waals surface area contributed by atoms with Crippen molar-refractivity contribution in [3.05, 3.63) is 65.2 Å². The molecule has 53 heavy (non-hydrogen) atoms. The van der Waals surface area contributed by atoms with E-state index in [0.717, 1.165) is 49.7 Å². The fraction of sp³-hybridized carbons (Fsp3) is 0.488. The summed E-state index contributed by atoms with van der Waals surface area (Å²) in [4.78, 5) is 44.8. The minimum atomic E-state index is -0.717. The number of nitrogens with zero attached hydrogens (tertiary/aromatic N) is 2. The molecule has 12 heteroatoms. The number of carbonyl (C=O) groups excluding carboxylic acids is 3. The summed E-state index contributed by atoms with van der Waals surface area (Å²) in [6, 6.07) is 14.0. The van der Waals surface area contributed by atoms with E-state index in [9.17, 15) is 14.4 Å². The summed E-state index contributed by atoms with van der Waals surface area (Å²) < 4.78 is 38.0. The molecular formula is C41H52N2O10. The molecule has 2 aliphatic rings. The van der Waals surface area contributed by atoms with Crippen molar-refractivity contribution in [2.45, 2.75) is 63.5 Å². The van der Waals surface area contributed by atoms with Gasteiger partial charge in [-0.2, -0.15) is 0 Å². The molecule has 2 amide bonds. The zero-order valence-electron chi connectivity index (χ0n) is 31.9. The van der Waals surface area contributed by atoms with E-state index in [2.05, 4.69) is 12.1 Å². The molecule has 2 fully saturated rings. The molecule has 3 aromatic carbocycles. The van der Waals surface area contributed by atoms with Gasteiger partial charge in [0.2, 0.25) is 11.7 Å². The molecule has 2 bridgehead atoms. The predicted octanol–water partition coefficient (Wildman–Crippen LogP) is 5.79. The highest BCUT2D eigenvalue weighted by Gasteiger charge is 2.49. The third-order valence-corrected chi connectivity index (χ3v) is 10.4. The average Bonchev–Trinajstić information content (AvgIpc) is 3.54. The van der Waals surface area contributed by atoms with Gasteiger partial charge in [-0.25, -0.2) is 0 Å². The summed E-state index contributed by atoms with van der Waals surface area (Å²) in [7, 11) is 10.9. The number of amides is 2. The van der Waals surface area contributed by atoms with Gasteiger partial charge in [0.15, 0.2) is 34.5 Å². The van der Waals surface area contributed by atoms with E-state index in [1.54, 1.807) is 28.4 Å². The van der Waals surface area contributed by atoms with Crippen molar-refractivity contribution in [1.29, 1.82) is 0 Å². The Kier molecular flexibility index (Phi) is 13.3. The second kappa shape index (κ2) is 18.1. The minimum absolute atomic E-state index is 0.102. The largest absolute Gasteiger partial charge is 0.493 e. The number of Topliss-reactive ketones (excluding diaryl/α,β-unsaturated/α-hetero) is 1.